The van der Waals surface area contributed by atoms with E-state index in [1.807, 2.05) is 31.2 Å². The minimum absolute atomic E-state index is 0.410. The van der Waals surface area contributed by atoms with E-state index in [2.05, 4.69) is 5.32 Å². The minimum Gasteiger partial charge on any atom is -0.315 e. The third-order valence-electron chi connectivity index (χ3n) is 3.86. The van der Waals surface area contributed by atoms with Gasteiger partial charge in [-0.2, -0.15) is 0 Å². The fraction of sp³-hybridized carbons (Fsp3) is 0.500. The normalized spacial score (nSPS) is 36.3. The van der Waals surface area contributed by atoms with Crippen LogP contribution in [0.1, 0.15) is 11.1 Å². The average molecular weight is 209 g/mol. The Bertz CT molecular complexity index is 399. The molecule has 1 nitrogen and oxygen atoms in total. The molecule has 2 atom stereocenters. The first kappa shape index (κ1) is 9.28. The zero-order valence-electron chi connectivity index (χ0n) is 8.56. The quantitative estimate of drug-likeness (QED) is 0.747. The van der Waals surface area contributed by atoms with E-state index in [0.29, 0.717) is 13.1 Å². The number of hydrogen-bond donors (Lipinski definition) is 1. The highest BCUT2D eigenvalue weighted by Gasteiger charge is 2.82. The number of nitrogens with one attached hydrogen (secondary N) is 1. The summed E-state index contributed by atoms with van der Waals surface area (Å²) in [5, 5.41) is 3.05. The summed E-state index contributed by atoms with van der Waals surface area (Å²) in [7, 11) is 0. The third kappa shape index (κ3) is 0.944. The summed E-state index contributed by atoms with van der Waals surface area (Å²) in [5.74, 6) is -3.00. The van der Waals surface area contributed by atoms with Crippen LogP contribution in [-0.2, 0) is 5.41 Å². The van der Waals surface area contributed by atoms with Crippen LogP contribution >= 0.6 is 0 Å². The summed E-state index contributed by atoms with van der Waals surface area (Å²) in [6, 6.07) is 7.51. The standard InChI is InChI=1S/C12H13F2N/c1-8-2-4-9(5-3-8)11-7-15-6-10(11)12(11,13)14/h2-5,10,15H,6-7H2,1H3. The van der Waals surface area contributed by atoms with E-state index in [0.717, 1.165) is 11.1 Å². The van der Waals surface area contributed by atoms with Gasteiger partial charge in [-0.15, -0.1) is 0 Å². The molecule has 0 spiro atoms. The van der Waals surface area contributed by atoms with Crippen LogP contribution in [0.4, 0.5) is 8.78 Å². The van der Waals surface area contributed by atoms with E-state index in [1.165, 1.54) is 0 Å². The van der Waals surface area contributed by atoms with E-state index < -0.39 is 17.3 Å². The maximum atomic E-state index is 13.6. The summed E-state index contributed by atoms with van der Waals surface area (Å²) >= 11 is 0. The van der Waals surface area contributed by atoms with Gasteiger partial charge in [0.2, 0.25) is 0 Å². The Morgan fingerprint density at radius 1 is 1.27 bits per heavy atom. The highest BCUT2D eigenvalue weighted by molar-refractivity contribution is 5.45. The van der Waals surface area contributed by atoms with Gasteiger partial charge in [-0.1, -0.05) is 29.8 Å². The third-order valence-corrected chi connectivity index (χ3v) is 3.86. The molecule has 0 aromatic heterocycles. The Balaban J connectivity index is 2.04. The average Bonchev–Trinajstić information content (AvgIpc) is 2.60. The predicted octanol–water partition coefficient (Wildman–Crippen LogP) is 2.10. The molecule has 3 rings (SSSR count). The Hall–Kier alpha value is -0.960. The number of rotatable bonds is 1. The van der Waals surface area contributed by atoms with Gasteiger partial charge < -0.3 is 5.32 Å². The van der Waals surface area contributed by atoms with Crippen LogP contribution in [0, 0.1) is 12.8 Å². The summed E-state index contributed by atoms with van der Waals surface area (Å²) in [6.45, 7) is 2.82. The van der Waals surface area contributed by atoms with Crippen molar-refractivity contribution < 1.29 is 8.78 Å². The smallest absolute Gasteiger partial charge is 0.264 e. The number of piperidine rings is 1. The highest BCUT2D eigenvalue weighted by Crippen LogP contribution is 2.68. The molecule has 2 unspecified atom stereocenters. The summed E-state index contributed by atoms with van der Waals surface area (Å²) in [4.78, 5) is 0. The number of fused-ring (bicyclic) bond motifs is 1. The van der Waals surface area contributed by atoms with Crippen molar-refractivity contribution in [3.8, 4) is 0 Å². The Morgan fingerprint density at radius 2 is 1.93 bits per heavy atom. The van der Waals surface area contributed by atoms with Crippen molar-refractivity contribution in [3.63, 3.8) is 0 Å². The highest BCUT2D eigenvalue weighted by atomic mass is 19.3. The molecular weight excluding hydrogens is 196 g/mol. The second-order valence-corrected chi connectivity index (χ2v) is 4.64. The topological polar surface area (TPSA) is 12.0 Å². The molecular formula is C12H13F2N. The van der Waals surface area contributed by atoms with Crippen LogP contribution in [-0.4, -0.2) is 19.0 Å². The van der Waals surface area contributed by atoms with Gasteiger partial charge in [0.15, 0.2) is 0 Å². The lowest BCUT2D eigenvalue weighted by Gasteiger charge is -2.14. The van der Waals surface area contributed by atoms with Gasteiger partial charge in [0.25, 0.3) is 5.92 Å². The molecule has 1 heterocycles. The number of hydrogen-bond acceptors (Lipinski definition) is 1. The van der Waals surface area contributed by atoms with E-state index in [-0.39, 0.29) is 0 Å². The van der Waals surface area contributed by atoms with E-state index in [9.17, 15) is 8.78 Å². The van der Waals surface area contributed by atoms with E-state index in [1.54, 1.807) is 0 Å². The van der Waals surface area contributed by atoms with Gasteiger partial charge >= 0.3 is 0 Å². The van der Waals surface area contributed by atoms with Crippen LogP contribution in [0.3, 0.4) is 0 Å². The summed E-state index contributed by atoms with van der Waals surface area (Å²) in [5.41, 5.74) is 0.996. The molecule has 1 saturated heterocycles. The molecule has 0 bridgehead atoms. The fourth-order valence-electron chi connectivity index (χ4n) is 2.84. The molecule has 80 valence electrons. The van der Waals surface area contributed by atoms with Crippen molar-refractivity contribution in [2.45, 2.75) is 18.3 Å². The van der Waals surface area contributed by atoms with Crippen LogP contribution < -0.4 is 5.32 Å². The van der Waals surface area contributed by atoms with Crippen LogP contribution in [0.2, 0.25) is 0 Å². The van der Waals surface area contributed by atoms with Crippen molar-refractivity contribution in [2.75, 3.05) is 13.1 Å². The molecule has 15 heavy (non-hydrogen) atoms. The van der Waals surface area contributed by atoms with E-state index in [4.69, 9.17) is 0 Å². The first-order valence-corrected chi connectivity index (χ1v) is 5.25. The molecule has 1 aromatic carbocycles. The van der Waals surface area contributed by atoms with Crippen molar-refractivity contribution in [2.24, 2.45) is 5.92 Å². The van der Waals surface area contributed by atoms with E-state index >= 15 is 0 Å². The second kappa shape index (κ2) is 2.59. The van der Waals surface area contributed by atoms with Gasteiger partial charge in [0.05, 0.1) is 11.3 Å². The van der Waals surface area contributed by atoms with Crippen molar-refractivity contribution in [3.05, 3.63) is 35.4 Å². The van der Waals surface area contributed by atoms with Gasteiger partial charge in [-0.25, -0.2) is 8.78 Å². The van der Waals surface area contributed by atoms with Crippen molar-refractivity contribution >= 4 is 0 Å². The fourth-order valence-corrected chi connectivity index (χ4v) is 2.84. The first-order chi connectivity index (χ1) is 7.09. The number of halogens is 2. The van der Waals surface area contributed by atoms with Crippen LogP contribution in [0.5, 0.6) is 0 Å². The predicted molar refractivity (Wildman–Crippen MR) is 54.2 cm³/mol. The Labute approximate surface area is 87.5 Å². The molecule has 1 aromatic rings. The number of aryl methyl sites for hydroxylation is 1. The minimum atomic E-state index is -2.51. The van der Waals surface area contributed by atoms with Gasteiger partial charge in [0, 0.05) is 13.1 Å². The lowest BCUT2D eigenvalue weighted by atomic mass is 9.94. The molecule has 1 aliphatic heterocycles. The van der Waals surface area contributed by atoms with Gasteiger partial charge in [0.1, 0.15) is 0 Å². The number of benzene rings is 1. The van der Waals surface area contributed by atoms with Gasteiger partial charge in [-0.3, -0.25) is 0 Å². The molecule has 1 saturated carbocycles. The zero-order chi connectivity index (χ0) is 10.7. The maximum absolute atomic E-state index is 13.6. The Morgan fingerprint density at radius 3 is 2.47 bits per heavy atom. The maximum Gasteiger partial charge on any atom is 0.264 e. The van der Waals surface area contributed by atoms with Crippen LogP contribution in [0.15, 0.2) is 24.3 Å². The monoisotopic (exact) mass is 209 g/mol. The molecule has 0 radical (unpaired) electrons. The zero-order valence-corrected chi connectivity index (χ0v) is 8.56. The molecule has 2 aliphatic rings. The van der Waals surface area contributed by atoms with Gasteiger partial charge in [-0.05, 0) is 12.5 Å². The first-order valence-electron chi connectivity index (χ1n) is 5.25. The molecule has 1 N–H and O–H groups in total. The second-order valence-electron chi connectivity index (χ2n) is 4.64. The molecule has 0 amide bonds. The Kier molecular flexibility index (Phi) is 1.60. The molecule has 2 fully saturated rings. The summed E-state index contributed by atoms with van der Waals surface area (Å²) in [6.07, 6.45) is 0. The SMILES string of the molecule is Cc1ccc(C23CNCC2C3(F)F)cc1. The lowest BCUT2D eigenvalue weighted by molar-refractivity contribution is 0.0677. The van der Waals surface area contributed by atoms with Crippen molar-refractivity contribution in [1.29, 1.82) is 0 Å². The largest absolute Gasteiger partial charge is 0.315 e. The number of alkyl halides is 2. The van der Waals surface area contributed by atoms with Crippen molar-refractivity contribution in [1.82, 2.24) is 5.32 Å². The summed E-state index contributed by atoms with van der Waals surface area (Å²) < 4.78 is 27.3. The molecule has 3 heteroatoms. The molecule has 1 aliphatic carbocycles. The van der Waals surface area contributed by atoms with Crippen LogP contribution in [0.25, 0.3) is 0 Å². The lowest BCUT2D eigenvalue weighted by Crippen LogP contribution is -2.28.